The molecule has 0 unspecified atom stereocenters. The summed E-state index contributed by atoms with van der Waals surface area (Å²) in [6.07, 6.45) is 0.779. The molecule has 0 saturated carbocycles. The van der Waals surface area contributed by atoms with Gasteiger partial charge in [-0.15, -0.1) is 0 Å². The standard InChI is InChI=1S/CH3N3O3S/c1-8(5,6)7-4-3-2/h1H3. The molecule has 0 aromatic carbocycles. The molecule has 6 nitrogen and oxygen atoms in total. The lowest BCUT2D eigenvalue weighted by molar-refractivity contribution is 0.336. The summed E-state index contributed by atoms with van der Waals surface area (Å²) in [6, 6.07) is 0. The van der Waals surface area contributed by atoms with Gasteiger partial charge in [0.2, 0.25) is 0 Å². The SMILES string of the molecule is CS(=O)(=O)ON=[N+]=[N-]. The van der Waals surface area contributed by atoms with E-state index in [9.17, 15) is 8.42 Å². The van der Waals surface area contributed by atoms with Crippen molar-refractivity contribution in [1.29, 1.82) is 0 Å². The Morgan fingerprint density at radius 1 is 1.75 bits per heavy atom. The Kier molecular flexibility index (Phi) is 2.11. The molecule has 0 bridgehead atoms. The molecule has 0 rings (SSSR count). The largest absolute Gasteiger partial charge is 0.312 e. The molecule has 0 aliphatic rings. The molecule has 0 spiro atoms. The maximum Gasteiger partial charge on any atom is 0.312 e. The van der Waals surface area contributed by atoms with Gasteiger partial charge in [-0.05, 0) is 5.53 Å². The fourth-order valence-corrected chi connectivity index (χ4v) is 0.226. The van der Waals surface area contributed by atoms with E-state index in [0.29, 0.717) is 0 Å². The van der Waals surface area contributed by atoms with Crippen molar-refractivity contribution in [2.24, 2.45) is 5.28 Å². The van der Waals surface area contributed by atoms with Crippen molar-refractivity contribution in [2.45, 2.75) is 0 Å². The molecular formula is CH3N3O3S. The molecule has 0 amide bonds. The first-order valence-corrected chi connectivity index (χ1v) is 3.31. The van der Waals surface area contributed by atoms with Crippen LogP contribution in [0.15, 0.2) is 5.28 Å². The lowest BCUT2D eigenvalue weighted by atomic mass is 12.0. The molecule has 0 aromatic rings. The lowest BCUT2D eigenvalue weighted by Crippen LogP contribution is -1.94. The summed E-state index contributed by atoms with van der Waals surface area (Å²) in [7, 11) is -3.61. The highest BCUT2D eigenvalue weighted by atomic mass is 32.2. The quantitative estimate of drug-likeness (QED) is 0.235. The Morgan fingerprint density at radius 3 is 2.38 bits per heavy atom. The zero-order valence-corrected chi connectivity index (χ0v) is 4.79. The molecule has 0 radical (unpaired) electrons. The molecule has 0 saturated heterocycles. The molecule has 46 valence electrons. The van der Waals surface area contributed by atoms with Crippen LogP contribution in [0.2, 0.25) is 0 Å². The van der Waals surface area contributed by atoms with Gasteiger partial charge in [-0.3, -0.25) is 0 Å². The van der Waals surface area contributed by atoms with E-state index in [0.717, 1.165) is 6.26 Å². The van der Waals surface area contributed by atoms with Crippen molar-refractivity contribution in [3.63, 3.8) is 0 Å². The maximum absolute atomic E-state index is 9.90. The molecule has 7 heteroatoms. The molecule has 0 N–H and O–H groups in total. The third kappa shape index (κ3) is 5.06. The predicted molar refractivity (Wildman–Crippen MR) is 25.1 cm³/mol. The second-order valence-electron chi connectivity index (χ2n) is 0.950. The Hall–Kier alpha value is -0.940. The molecular weight excluding hydrogens is 134 g/mol. The fourth-order valence-electron chi connectivity index (χ4n) is 0.0755. The minimum atomic E-state index is -3.61. The summed E-state index contributed by atoms with van der Waals surface area (Å²) in [6.45, 7) is 0. The van der Waals surface area contributed by atoms with Crippen LogP contribution in [0.1, 0.15) is 0 Å². The van der Waals surface area contributed by atoms with Gasteiger partial charge in [0.25, 0.3) is 0 Å². The van der Waals surface area contributed by atoms with Crippen LogP contribution < -0.4 is 0 Å². The van der Waals surface area contributed by atoms with Crippen LogP contribution in [0.25, 0.3) is 10.4 Å². The van der Waals surface area contributed by atoms with E-state index < -0.39 is 10.1 Å². The summed E-state index contributed by atoms with van der Waals surface area (Å²) in [4.78, 5) is 2.04. The van der Waals surface area contributed by atoms with E-state index in [2.05, 4.69) is 9.56 Å². The van der Waals surface area contributed by atoms with E-state index >= 15 is 0 Å². The fraction of sp³-hybridized carbons (Fsp3) is 1.00. The summed E-state index contributed by atoms with van der Waals surface area (Å²) in [5, 5.41) is 2.34. The first-order chi connectivity index (χ1) is 3.56. The second-order valence-corrected chi connectivity index (χ2v) is 2.51. The third-order valence-electron chi connectivity index (χ3n) is 0.205. The minimum Gasteiger partial charge on any atom is -0.310 e. The van der Waals surface area contributed by atoms with Crippen LogP contribution in [0.4, 0.5) is 0 Å². The highest BCUT2D eigenvalue weighted by Crippen LogP contribution is 1.85. The van der Waals surface area contributed by atoms with Gasteiger partial charge < -0.3 is 4.28 Å². The van der Waals surface area contributed by atoms with E-state index in [1.165, 1.54) is 0 Å². The van der Waals surface area contributed by atoms with Gasteiger partial charge in [0.05, 0.1) is 6.26 Å². The predicted octanol–water partition coefficient (Wildman–Crippen LogP) is 0.188. The van der Waals surface area contributed by atoms with Crippen LogP contribution in [-0.2, 0) is 14.4 Å². The van der Waals surface area contributed by atoms with Crippen molar-refractivity contribution in [3.05, 3.63) is 10.4 Å². The van der Waals surface area contributed by atoms with Gasteiger partial charge in [0, 0.05) is 4.91 Å². The maximum atomic E-state index is 9.90. The smallest absolute Gasteiger partial charge is 0.310 e. The van der Waals surface area contributed by atoms with E-state index in [4.69, 9.17) is 5.53 Å². The van der Waals surface area contributed by atoms with Crippen LogP contribution in [-0.4, -0.2) is 14.7 Å². The average molecular weight is 137 g/mol. The van der Waals surface area contributed by atoms with Gasteiger partial charge in [-0.25, -0.2) is 0 Å². The van der Waals surface area contributed by atoms with Crippen molar-refractivity contribution in [3.8, 4) is 0 Å². The molecule has 0 atom stereocenters. The zero-order chi connectivity index (χ0) is 6.62. The van der Waals surface area contributed by atoms with E-state index in [1.54, 1.807) is 0 Å². The number of hydrogen-bond acceptors (Lipinski definition) is 4. The summed E-state index contributed by atoms with van der Waals surface area (Å²) < 4.78 is 23.4. The van der Waals surface area contributed by atoms with E-state index in [1.807, 2.05) is 4.91 Å². The summed E-state index contributed by atoms with van der Waals surface area (Å²) >= 11 is 0. The number of nitrogens with zero attached hydrogens (tertiary/aromatic N) is 3. The monoisotopic (exact) mass is 137 g/mol. The van der Waals surface area contributed by atoms with Crippen LogP contribution in [0, 0.1) is 0 Å². The molecule has 8 heavy (non-hydrogen) atoms. The number of hydrogen-bond donors (Lipinski definition) is 0. The van der Waals surface area contributed by atoms with Crippen molar-refractivity contribution >= 4 is 10.1 Å². The second kappa shape index (κ2) is 2.39. The zero-order valence-electron chi connectivity index (χ0n) is 3.97. The van der Waals surface area contributed by atoms with Gasteiger partial charge in [-0.1, -0.05) is 0 Å². The Morgan fingerprint density at radius 2 is 2.25 bits per heavy atom. The summed E-state index contributed by atoms with van der Waals surface area (Å²) in [5.41, 5.74) is 7.50. The van der Waals surface area contributed by atoms with Crippen LogP contribution in [0.3, 0.4) is 0 Å². The molecule has 0 fully saturated rings. The highest BCUT2D eigenvalue weighted by molar-refractivity contribution is 7.85. The lowest BCUT2D eigenvalue weighted by Gasteiger charge is -1.86. The molecule has 0 aliphatic carbocycles. The highest BCUT2D eigenvalue weighted by Gasteiger charge is 1.95. The molecule has 0 aliphatic heterocycles. The van der Waals surface area contributed by atoms with Crippen molar-refractivity contribution in [1.82, 2.24) is 0 Å². The first kappa shape index (κ1) is 7.06. The van der Waals surface area contributed by atoms with E-state index in [-0.39, 0.29) is 0 Å². The first-order valence-electron chi connectivity index (χ1n) is 1.49. The summed E-state index contributed by atoms with van der Waals surface area (Å²) in [5.74, 6) is 0. The molecule has 0 heterocycles. The van der Waals surface area contributed by atoms with Crippen LogP contribution in [0.5, 0.6) is 0 Å². The van der Waals surface area contributed by atoms with Crippen molar-refractivity contribution in [2.75, 3.05) is 6.26 Å². The molecule has 0 aromatic heterocycles. The Labute approximate surface area is 45.8 Å². The van der Waals surface area contributed by atoms with Crippen molar-refractivity contribution < 1.29 is 12.7 Å². The topological polar surface area (TPSA) is 92.1 Å². The Bertz CT molecular complexity index is 199. The van der Waals surface area contributed by atoms with Gasteiger partial charge in [0.15, 0.2) is 0 Å². The number of rotatable bonds is 2. The Balaban J connectivity index is 3.94. The normalized spacial score (nSPS) is 9.62. The number of azide groups is 1. The minimum absolute atomic E-state index is 0.779. The van der Waals surface area contributed by atoms with Crippen LogP contribution >= 0.6 is 0 Å². The van der Waals surface area contributed by atoms with Gasteiger partial charge >= 0.3 is 10.1 Å². The van der Waals surface area contributed by atoms with Gasteiger partial charge in [0.1, 0.15) is 5.28 Å². The van der Waals surface area contributed by atoms with Gasteiger partial charge in [-0.2, -0.15) is 8.42 Å². The average Bonchev–Trinajstić information content (AvgIpc) is 1.59. The third-order valence-corrected chi connectivity index (χ3v) is 0.543.